The van der Waals surface area contributed by atoms with Gasteiger partial charge < -0.3 is 4.74 Å². The molecule has 3 N–H and O–H groups in total. The van der Waals surface area contributed by atoms with Crippen LogP contribution in [0.1, 0.15) is 18.9 Å². The molecule has 1 aliphatic heterocycles. The third-order valence-corrected chi connectivity index (χ3v) is 4.11. The fourth-order valence-electron chi connectivity index (χ4n) is 2.71. The monoisotopic (exact) mass is 315 g/mol. The van der Waals surface area contributed by atoms with Crippen LogP contribution in [0.2, 0.25) is 5.02 Å². The SMILES string of the molecule is CCCN1CCOC(C(Cc2ccc(F)c(Cl)c2)NN)C1. The fourth-order valence-corrected chi connectivity index (χ4v) is 2.92. The third-order valence-electron chi connectivity index (χ3n) is 3.82. The van der Waals surface area contributed by atoms with Crippen LogP contribution in [0, 0.1) is 5.82 Å². The summed E-state index contributed by atoms with van der Waals surface area (Å²) in [6.07, 6.45) is 1.81. The molecule has 1 saturated heterocycles. The highest BCUT2D eigenvalue weighted by Crippen LogP contribution is 2.19. The average molecular weight is 316 g/mol. The summed E-state index contributed by atoms with van der Waals surface area (Å²) in [7, 11) is 0. The molecule has 1 fully saturated rings. The maximum Gasteiger partial charge on any atom is 0.141 e. The number of rotatable bonds is 6. The zero-order chi connectivity index (χ0) is 15.2. The minimum absolute atomic E-state index is 0.0221. The number of nitrogens with two attached hydrogens (primary N) is 1. The van der Waals surface area contributed by atoms with Gasteiger partial charge in [0.25, 0.3) is 0 Å². The van der Waals surface area contributed by atoms with Crippen LogP contribution in [0.3, 0.4) is 0 Å². The summed E-state index contributed by atoms with van der Waals surface area (Å²) in [4.78, 5) is 2.39. The molecular weight excluding hydrogens is 293 g/mol. The van der Waals surface area contributed by atoms with E-state index in [4.69, 9.17) is 22.2 Å². The van der Waals surface area contributed by atoms with Gasteiger partial charge in [0.1, 0.15) is 5.82 Å². The van der Waals surface area contributed by atoms with Gasteiger partial charge in [0.15, 0.2) is 0 Å². The van der Waals surface area contributed by atoms with Crippen molar-refractivity contribution in [3.05, 3.63) is 34.6 Å². The summed E-state index contributed by atoms with van der Waals surface area (Å²) in [6, 6.07) is 4.74. The standard InChI is InChI=1S/C15H23ClFN3O/c1-2-5-20-6-7-21-15(10-20)14(19-18)9-11-3-4-13(17)12(16)8-11/h3-4,8,14-15,19H,2,5-7,9-10,18H2,1H3. The molecule has 118 valence electrons. The van der Waals surface area contributed by atoms with Gasteiger partial charge in [-0.3, -0.25) is 16.2 Å². The predicted molar refractivity (Wildman–Crippen MR) is 82.7 cm³/mol. The summed E-state index contributed by atoms with van der Waals surface area (Å²) >= 11 is 5.82. The van der Waals surface area contributed by atoms with Crippen molar-refractivity contribution in [1.29, 1.82) is 0 Å². The minimum Gasteiger partial charge on any atom is -0.374 e. The molecule has 6 heteroatoms. The van der Waals surface area contributed by atoms with Gasteiger partial charge in [0.05, 0.1) is 23.8 Å². The van der Waals surface area contributed by atoms with E-state index in [0.29, 0.717) is 13.0 Å². The van der Waals surface area contributed by atoms with E-state index in [2.05, 4.69) is 17.2 Å². The molecule has 4 nitrogen and oxygen atoms in total. The average Bonchev–Trinajstić information content (AvgIpc) is 2.49. The molecule has 0 aliphatic carbocycles. The van der Waals surface area contributed by atoms with Gasteiger partial charge in [-0.15, -0.1) is 0 Å². The third kappa shape index (κ3) is 4.63. The molecule has 0 radical (unpaired) electrons. The first-order valence-corrected chi connectivity index (χ1v) is 7.75. The zero-order valence-electron chi connectivity index (χ0n) is 12.3. The highest BCUT2D eigenvalue weighted by molar-refractivity contribution is 6.30. The molecule has 0 aromatic heterocycles. The molecule has 1 aromatic rings. The summed E-state index contributed by atoms with van der Waals surface area (Å²) in [6.45, 7) is 5.78. The predicted octanol–water partition coefficient (Wildman–Crippen LogP) is 1.96. The van der Waals surface area contributed by atoms with Gasteiger partial charge in [-0.2, -0.15) is 0 Å². The Bertz CT molecular complexity index is 459. The quantitative estimate of drug-likeness (QED) is 0.622. The molecule has 1 aromatic carbocycles. The van der Waals surface area contributed by atoms with Crippen molar-refractivity contribution in [2.24, 2.45) is 5.84 Å². The molecule has 1 aliphatic rings. The van der Waals surface area contributed by atoms with Crippen molar-refractivity contribution in [2.45, 2.75) is 31.9 Å². The van der Waals surface area contributed by atoms with Crippen LogP contribution in [-0.4, -0.2) is 43.3 Å². The van der Waals surface area contributed by atoms with Crippen LogP contribution in [-0.2, 0) is 11.2 Å². The molecule has 1 heterocycles. The number of ether oxygens (including phenoxy) is 1. The van der Waals surface area contributed by atoms with Crippen LogP contribution in [0.25, 0.3) is 0 Å². The Balaban J connectivity index is 1.99. The van der Waals surface area contributed by atoms with Gasteiger partial charge in [0.2, 0.25) is 0 Å². The molecular formula is C15H23ClFN3O. The van der Waals surface area contributed by atoms with Crippen molar-refractivity contribution in [1.82, 2.24) is 10.3 Å². The second-order valence-corrected chi connectivity index (χ2v) is 5.84. The second kappa shape index (κ2) is 8.06. The van der Waals surface area contributed by atoms with Crippen LogP contribution < -0.4 is 11.3 Å². The van der Waals surface area contributed by atoms with Crippen molar-refractivity contribution in [3.63, 3.8) is 0 Å². The normalized spacial score (nSPS) is 21.4. The first-order valence-electron chi connectivity index (χ1n) is 7.38. The molecule has 2 unspecified atom stereocenters. The maximum absolute atomic E-state index is 13.2. The van der Waals surface area contributed by atoms with Crippen LogP contribution in [0.15, 0.2) is 18.2 Å². The number of hydrogen-bond acceptors (Lipinski definition) is 4. The van der Waals surface area contributed by atoms with E-state index in [1.807, 2.05) is 0 Å². The van der Waals surface area contributed by atoms with Crippen LogP contribution >= 0.6 is 11.6 Å². The fraction of sp³-hybridized carbons (Fsp3) is 0.600. The number of halogens is 2. The zero-order valence-corrected chi connectivity index (χ0v) is 13.1. The Hall–Kier alpha value is -0.720. The number of hydrogen-bond donors (Lipinski definition) is 2. The largest absolute Gasteiger partial charge is 0.374 e. The summed E-state index contributed by atoms with van der Waals surface area (Å²) < 4.78 is 19.0. The van der Waals surface area contributed by atoms with E-state index in [-0.39, 0.29) is 17.2 Å². The number of morpholine rings is 1. The van der Waals surface area contributed by atoms with Gasteiger partial charge in [0, 0.05) is 13.1 Å². The number of hydrazine groups is 1. The number of benzene rings is 1. The second-order valence-electron chi connectivity index (χ2n) is 5.44. The molecule has 2 rings (SSSR count). The highest BCUT2D eigenvalue weighted by Gasteiger charge is 2.27. The van der Waals surface area contributed by atoms with Crippen LogP contribution in [0.4, 0.5) is 4.39 Å². The van der Waals surface area contributed by atoms with E-state index in [9.17, 15) is 4.39 Å². The topological polar surface area (TPSA) is 50.5 Å². The van der Waals surface area contributed by atoms with Crippen molar-refractivity contribution in [3.8, 4) is 0 Å². The lowest BCUT2D eigenvalue weighted by Gasteiger charge is -2.36. The Morgan fingerprint density at radius 2 is 2.38 bits per heavy atom. The lowest BCUT2D eigenvalue weighted by Crippen LogP contribution is -2.54. The first-order chi connectivity index (χ1) is 10.1. The van der Waals surface area contributed by atoms with Crippen molar-refractivity contribution >= 4 is 11.6 Å². The van der Waals surface area contributed by atoms with Gasteiger partial charge in [-0.05, 0) is 37.1 Å². The lowest BCUT2D eigenvalue weighted by molar-refractivity contribution is -0.0462. The molecule has 0 amide bonds. The Labute approximate surface area is 130 Å². The summed E-state index contributed by atoms with van der Waals surface area (Å²) in [5.41, 5.74) is 3.77. The minimum atomic E-state index is -0.402. The molecule has 21 heavy (non-hydrogen) atoms. The molecule has 0 bridgehead atoms. The van der Waals surface area contributed by atoms with E-state index >= 15 is 0 Å². The lowest BCUT2D eigenvalue weighted by atomic mass is 10.0. The van der Waals surface area contributed by atoms with Crippen molar-refractivity contribution in [2.75, 3.05) is 26.2 Å². The van der Waals surface area contributed by atoms with Crippen molar-refractivity contribution < 1.29 is 9.13 Å². The Kier molecular flexibility index (Phi) is 6.39. The van der Waals surface area contributed by atoms with Gasteiger partial charge in [-0.1, -0.05) is 24.6 Å². The molecule has 0 spiro atoms. The van der Waals surface area contributed by atoms with Gasteiger partial charge in [-0.25, -0.2) is 4.39 Å². The summed E-state index contributed by atoms with van der Waals surface area (Å²) in [5, 5.41) is 0.139. The van der Waals surface area contributed by atoms with E-state index in [1.54, 1.807) is 12.1 Å². The number of nitrogens with one attached hydrogen (secondary N) is 1. The van der Waals surface area contributed by atoms with E-state index in [1.165, 1.54) is 6.07 Å². The molecule has 0 saturated carbocycles. The highest BCUT2D eigenvalue weighted by atomic mass is 35.5. The van der Waals surface area contributed by atoms with E-state index < -0.39 is 5.82 Å². The van der Waals surface area contributed by atoms with Gasteiger partial charge >= 0.3 is 0 Å². The van der Waals surface area contributed by atoms with Crippen LogP contribution in [0.5, 0.6) is 0 Å². The molecule has 2 atom stereocenters. The van der Waals surface area contributed by atoms with E-state index in [0.717, 1.165) is 31.6 Å². The maximum atomic E-state index is 13.2. The Morgan fingerprint density at radius 1 is 1.57 bits per heavy atom. The smallest absolute Gasteiger partial charge is 0.141 e. The number of nitrogens with zero attached hydrogens (tertiary/aromatic N) is 1. The Morgan fingerprint density at radius 3 is 3.05 bits per heavy atom. The first kappa shape index (κ1) is 16.6. The summed E-state index contributed by atoms with van der Waals surface area (Å²) in [5.74, 6) is 5.28.